The van der Waals surface area contributed by atoms with Gasteiger partial charge < -0.3 is 10.6 Å². The number of pyridine rings is 2. The average molecular weight is 399 g/mol. The number of hydrogen-bond donors (Lipinski definition) is 1. The SMILES string of the molecule is Nc1ncc(/C=C/c2ccccc2)cc1C(=O)c1cccc(N2CCCCCC2)n1. The van der Waals surface area contributed by atoms with E-state index in [1.54, 1.807) is 18.3 Å². The van der Waals surface area contributed by atoms with Gasteiger partial charge in [-0.25, -0.2) is 9.97 Å². The van der Waals surface area contributed by atoms with Crippen LogP contribution in [-0.2, 0) is 0 Å². The van der Waals surface area contributed by atoms with Crippen molar-refractivity contribution >= 4 is 29.6 Å². The maximum absolute atomic E-state index is 13.2. The minimum atomic E-state index is -0.202. The van der Waals surface area contributed by atoms with Gasteiger partial charge in [0.2, 0.25) is 5.78 Å². The van der Waals surface area contributed by atoms with Crippen molar-refractivity contribution in [3.05, 3.63) is 83.2 Å². The van der Waals surface area contributed by atoms with Crippen LogP contribution in [-0.4, -0.2) is 28.8 Å². The van der Waals surface area contributed by atoms with E-state index in [-0.39, 0.29) is 11.6 Å². The van der Waals surface area contributed by atoms with Crippen molar-refractivity contribution in [2.24, 2.45) is 0 Å². The van der Waals surface area contributed by atoms with Crippen LogP contribution >= 0.6 is 0 Å². The van der Waals surface area contributed by atoms with Gasteiger partial charge in [0.15, 0.2) is 0 Å². The molecule has 2 N–H and O–H groups in total. The van der Waals surface area contributed by atoms with Crippen LogP contribution < -0.4 is 10.6 Å². The molecule has 5 heteroatoms. The molecule has 4 rings (SSSR count). The van der Waals surface area contributed by atoms with Crippen LogP contribution in [0.2, 0.25) is 0 Å². The molecule has 0 amide bonds. The lowest BCUT2D eigenvalue weighted by molar-refractivity contribution is 0.103. The first kappa shape index (κ1) is 19.8. The van der Waals surface area contributed by atoms with Gasteiger partial charge in [-0.15, -0.1) is 0 Å². The van der Waals surface area contributed by atoms with Crippen molar-refractivity contribution in [1.82, 2.24) is 9.97 Å². The Morgan fingerprint density at radius 1 is 0.900 bits per heavy atom. The molecule has 1 saturated heterocycles. The van der Waals surface area contributed by atoms with Crippen molar-refractivity contribution in [3.63, 3.8) is 0 Å². The number of nitrogens with two attached hydrogens (primary N) is 1. The molecule has 1 fully saturated rings. The minimum absolute atomic E-state index is 0.202. The van der Waals surface area contributed by atoms with Crippen molar-refractivity contribution in [3.8, 4) is 0 Å². The third-order valence-electron chi connectivity index (χ3n) is 5.35. The predicted octanol–water partition coefficient (Wildman–Crippen LogP) is 4.84. The van der Waals surface area contributed by atoms with Gasteiger partial charge in [-0.1, -0.05) is 61.4 Å². The Bertz CT molecular complexity index is 1040. The number of carbonyl (C=O) groups is 1. The second-order valence-electron chi connectivity index (χ2n) is 7.56. The Hall–Kier alpha value is -3.47. The Morgan fingerprint density at radius 3 is 2.40 bits per heavy atom. The van der Waals surface area contributed by atoms with Crippen molar-refractivity contribution < 1.29 is 4.79 Å². The van der Waals surface area contributed by atoms with Gasteiger partial charge >= 0.3 is 0 Å². The molecule has 3 aromatic rings. The minimum Gasteiger partial charge on any atom is -0.383 e. The molecule has 1 aliphatic rings. The van der Waals surface area contributed by atoms with Crippen LogP contribution in [0.3, 0.4) is 0 Å². The largest absolute Gasteiger partial charge is 0.383 e. The van der Waals surface area contributed by atoms with Gasteiger partial charge in [-0.3, -0.25) is 4.79 Å². The zero-order valence-electron chi connectivity index (χ0n) is 17.0. The molecule has 1 aliphatic heterocycles. The van der Waals surface area contributed by atoms with E-state index in [9.17, 15) is 4.79 Å². The number of nitrogen functional groups attached to an aromatic ring is 1. The van der Waals surface area contributed by atoms with Crippen molar-refractivity contribution in [2.45, 2.75) is 25.7 Å². The molecule has 0 radical (unpaired) electrons. The number of carbonyl (C=O) groups excluding carboxylic acids is 1. The first-order valence-corrected chi connectivity index (χ1v) is 10.5. The lowest BCUT2D eigenvalue weighted by Crippen LogP contribution is -2.25. The topological polar surface area (TPSA) is 72.1 Å². The second kappa shape index (κ2) is 9.35. The molecule has 1 aromatic carbocycles. The van der Waals surface area contributed by atoms with E-state index in [4.69, 9.17) is 5.73 Å². The van der Waals surface area contributed by atoms with E-state index < -0.39 is 0 Å². The molecule has 5 nitrogen and oxygen atoms in total. The summed E-state index contributed by atoms with van der Waals surface area (Å²) in [6.45, 7) is 1.96. The highest BCUT2D eigenvalue weighted by Gasteiger charge is 2.18. The Labute approximate surface area is 177 Å². The lowest BCUT2D eigenvalue weighted by Gasteiger charge is -2.21. The molecule has 0 unspecified atom stereocenters. The molecule has 0 aliphatic carbocycles. The van der Waals surface area contributed by atoms with Crippen LogP contribution in [0.5, 0.6) is 0 Å². The normalized spacial score (nSPS) is 14.6. The van der Waals surface area contributed by atoms with Crippen LogP contribution in [0.1, 0.15) is 52.9 Å². The van der Waals surface area contributed by atoms with Gasteiger partial charge in [0, 0.05) is 19.3 Å². The molecular weight excluding hydrogens is 372 g/mol. The highest BCUT2D eigenvalue weighted by molar-refractivity contribution is 6.10. The fourth-order valence-corrected chi connectivity index (χ4v) is 3.68. The third kappa shape index (κ3) is 4.74. The number of ketones is 1. The van der Waals surface area contributed by atoms with E-state index >= 15 is 0 Å². The second-order valence-corrected chi connectivity index (χ2v) is 7.56. The van der Waals surface area contributed by atoms with E-state index in [2.05, 4.69) is 14.9 Å². The fourth-order valence-electron chi connectivity index (χ4n) is 3.68. The molecule has 0 bridgehead atoms. The van der Waals surface area contributed by atoms with Gasteiger partial charge in [0.1, 0.15) is 17.3 Å². The average Bonchev–Trinajstić information content (AvgIpc) is 3.08. The zero-order chi connectivity index (χ0) is 20.8. The van der Waals surface area contributed by atoms with E-state index in [1.807, 2.05) is 54.6 Å². The van der Waals surface area contributed by atoms with E-state index in [0.717, 1.165) is 42.9 Å². The van der Waals surface area contributed by atoms with E-state index in [0.29, 0.717) is 11.3 Å². The van der Waals surface area contributed by atoms with Gasteiger partial charge in [-0.05, 0) is 42.2 Å². The number of aromatic nitrogens is 2. The number of anilines is 2. The molecule has 3 heterocycles. The number of nitrogens with zero attached hydrogens (tertiary/aromatic N) is 3. The van der Waals surface area contributed by atoms with Crippen LogP contribution in [0.4, 0.5) is 11.6 Å². The molecular formula is C25H26N4O. The van der Waals surface area contributed by atoms with Crippen LogP contribution in [0.25, 0.3) is 12.2 Å². The summed E-state index contributed by atoms with van der Waals surface area (Å²) >= 11 is 0. The third-order valence-corrected chi connectivity index (χ3v) is 5.35. The van der Waals surface area contributed by atoms with E-state index in [1.165, 1.54) is 12.8 Å². The van der Waals surface area contributed by atoms with Crippen LogP contribution in [0.15, 0.2) is 60.8 Å². The lowest BCUT2D eigenvalue weighted by atomic mass is 10.1. The smallest absolute Gasteiger partial charge is 0.215 e. The summed E-state index contributed by atoms with van der Waals surface area (Å²) in [5.74, 6) is 0.875. The van der Waals surface area contributed by atoms with Gasteiger partial charge in [0.05, 0.1) is 5.56 Å². The molecule has 0 spiro atoms. The fraction of sp³-hybridized carbons (Fsp3) is 0.240. The summed E-state index contributed by atoms with van der Waals surface area (Å²) in [5, 5.41) is 0. The molecule has 0 atom stereocenters. The summed E-state index contributed by atoms with van der Waals surface area (Å²) in [5.41, 5.74) is 8.72. The van der Waals surface area contributed by atoms with Gasteiger partial charge in [0.25, 0.3) is 0 Å². The summed E-state index contributed by atoms with van der Waals surface area (Å²) in [4.78, 5) is 24.3. The first-order valence-electron chi connectivity index (χ1n) is 10.5. The predicted molar refractivity (Wildman–Crippen MR) is 122 cm³/mol. The summed E-state index contributed by atoms with van der Waals surface area (Å²) in [6, 6.07) is 17.4. The summed E-state index contributed by atoms with van der Waals surface area (Å²) < 4.78 is 0. The molecule has 30 heavy (non-hydrogen) atoms. The first-order chi connectivity index (χ1) is 14.7. The number of benzene rings is 1. The van der Waals surface area contributed by atoms with Crippen LogP contribution in [0, 0.1) is 0 Å². The highest BCUT2D eigenvalue weighted by Crippen LogP contribution is 2.21. The Kier molecular flexibility index (Phi) is 6.18. The van der Waals surface area contributed by atoms with Crippen molar-refractivity contribution in [2.75, 3.05) is 23.7 Å². The Balaban J connectivity index is 1.58. The molecule has 2 aromatic heterocycles. The standard InChI is InChI=1S/C25H26N4O/c26-25-21(17-20(18-27-25)14-13-19-9-4-3-5-10-19)24(30)22-11-8-12-23(28-22)29-15-6-1-2-7-16-29/h3-5,8-14,17-18H,1-2,6-7,15-16H2,(H2,26,27)/b14-13+. The molecule has 152 valence electrons. The summed E-state index contributed by atoms with van der Waals surface area (Å²) in [7, 11) is 0. The van der Waals surface area contributed by atoms with Crippen molar-refractivity contribution in [1.29, 1.82) is 0 Å². The monoisotopic (exact) mass is 398 g/mol. The number of rotatable bonds is 5. The Morgan fingerprint density at radius 2 is 1.63 bits per heavy atom. The quantitative estimate of drug-likeness (QED) is 0.623. The maximum Gasteiger partial charge on any atom is 0.215 e. The highest BCUT2D eigenvalue weighted by atomic mass is 16.1. The zero-order valence-corrected chi connectivity index (χ0v) is 17.0. The van der Waals surface area contributed by atoms with Gasteiger partial charge in [-0.2, -0.15) is 0 Å². The summed E-state index contributed by atoms with van der Waals surface area (Å²) in [6.07, 6.45) is 10.4. The molecule has 0 saturated carbocycles. The number of hydrogen-bond acceptors (Lipinski definition) is 5. The maximum atomic E-state index is 13.2.